The number of nitrogens with two attached hydrogens (primary N) is 1. The molecule has 0 aromatic rings. The molecule has 1 radical (unpaired) electrons. The molecule has 0 spiro atoms. The van der Waals surface area contributed by atoms with E-state index in [1.807, 2.05) is 0 Å². The van der Waals surface area contributed by atoms with Crippen LogP contribution in [0.1, 0.15) is 19.3 Å². The van der Waals surface area contributed by atoms with Crippen LogP contribution in [-0.2, 0) is 4.79 Å². The van der Waals surface area contributed by atoms with E-state index < -0.39 is 0 Å². The molecule has 1 fully saturated rings. The molecule has 69 valence electrons. The minimum atomic E-state index is -0.209. The molecule has 3 N–H and O–H groups in total. The van der Waals surface area contributed by atoms with Crippen molar-refractivity contribution in [2.75, 3.05) is 19.6 Å². The van der Waals surface area contributed by atoms with Crippen LogP contribution in [0, 0.1) is 0 Å². The molecule has 0 aromatic heterocycles. The fourth-order valence-electron chi connectivity index (χ4n) is 1.36. The fraction of sp³-hybridized carbons (Fsp3) is 0.875. The molecule has 0 aromatic carbocycles. The van der Waals surface area contributed by atoms with Crippen molar-refractivity contribution in [1.29, 1.82) is 0 Å². The van der Waals surface area contributed by atoms with Gasteiger partial charge < -0.3 is 11.1 Å². The van der Waals surface area contributed by atoms with Crippen molar-refractivity contribution < 1.29 is 4.79 Å². The van der Waals surface area contributed by atoms with Gasteiger partial charge in [0.2, 0.25) is 5.91 Å². The molecule has 1 rings (SSSR count). The first-order valence-electron chi connectivity index (χ1n) is 4.44. The highest BCUT2D eigenvalue weighted by Gasteiger charge is 2.12. The molecule has 0 bridgehead atoms. The van der Waals surface area contributed by atoms with Gasteiger partial charge in [0, 0.05) is 32.1 Å². The van der Waals surface area contributed by atoms with Crippen LogP contribution in [0.5, 0.6) is 0 Å². The Hall–Kier alpha value is -0.610. The number of nitrogens with zero attached hydrogens (tertiary/aromatic N) is 1. The van der Waals surface area contributed by atoms with Gasteiger partial charge in [-0.15, -0.1) is 0 Å². The highest BCUT2D eigenvalue weighted by Crippen LogP contribution is 2.02. The smallest absolute Gasteiger partial charge is 0.217 e. The summed E-state index contributed by atoms with van der Waals surface area (Å²) in [6.45, 7) is 2.85. The minimum Gasteiger partial charge on any atom is -0.370 e. The zero-order valence-corrected chi connectivity index (χ0v) is 7.25. The molecule has 1 atom stereocenters. The monoisotopic (exact) mass is 170 g/mol. The lowest BCUT2D eigenvalue weighted by Crippen LogP contribution is -2.43. The molecular formula is C8H16N3O. The van der Waals surface area contributed by atoms with Crippen LogP contribution in [0.4, 0.5) is 0 Å². The van der Waals surface area contributed by atoms with Gasteiger partial charge in [-0.3, -0.25) is 4.79 Å². The van der Waals surface area contributed by atoms with E-state index in [0.717, 1.165) is 32.5 Å². The first-order chi connectivity index (χ1) is 5.79. The lowest BCUT2D eigenvalue weighted by atomic mass is 10.1. The van der Waals surface area contributed by atoms with E-state index in [4.69, 9.17) is 5.73 Å². The molecule has 4 heteroatoms. The van der Waals surface area contributed by atoms with Gasteiger partial charge in [0.05, 0.1) is 0 Å². The van der Waals surface area contributed by atoms with Crippen LogP contribution in [0.15, 0.2) is 0 Å². The van der Waals surface area contributed by atoms with Crippen molar-refractivity contribution in [3.8, 4) is 0 Å². The van der Waals surface area contributed by atoms with Crippen LogP contribution in [-0.4, -0.2) is 31.6 Å². The summed E-state index contributed by atoms with van der Waals surface area (Å²) >= 11 is 0. The second kappa shape index (κ2) is 5.11. The van der Waals surface area contributed by atoms with Gasteiger partial charge in [-0.25, -0.2) is 5.32 Å². The van der Waals surface area contributed by atoms with E-state index >= 15 is 0 Å². The van der Waals surface area contributed by atoms with Crippen LogP contribution >= 0.6 is 0 Å². The summed E-state index contributed by atoms with van der Waals surface area (Å²) in [5.41, 5.74) is 5.02. The predicted octanol–water partition coefficient (Wildman–Crippen LogP) is -0.782. The summed E-state index contributed by atoms with van der Waals surface area (Å²) in [5.74, 6) is -0.209. The topological polar surface area (TPSA) is 69.2 Å². The van der Waals surface area contributed by atoms with Gasteiger partial charge in [-0.05, 0) is 12.8 Å². The highest BCUT2D eigenvalue weighted by molar-refractivity contribution is 5.73. The summed E-state index contributed by atoms with van der Waals surface area (Å²) < 4.78 is 0. The zero-order valence-electron chi connectivity index (χ0n) is 7.25. The van der Waals surface area contributed by atoms with Crippen molar-refractivity contribution in [3.05, 3.63) is 0 Å². The first kappa shape index (κ1) is 9.48. The molecule has 1 aliphatic rings. The summed E-state index contributed by atoms with van der Waals surface area (Å²) in [7, 11) is 0. The van der Waals surface area contributed by atoms with Gasteiger partial charge in [-0.2, -0.15) is 0 Å². The Morgan fingerprint density at radius 1 is 1.67 bits per heavy atom. The van der Waals surface area contributed by atoms with Crippen LogP contribution in [0.25, 0.3) is 0 Å². The average Bonchev–Trinajstić information content (AvgIpc) is 2.05. The second-order valence-electron chi connectivity index (χ2n) is 3.12. The van der Waals surface area contributed by atoms with E-state index in [9.17, 15) is 4.79 Å². The molecule has 1 amide bonds. The maximum Gasteiger partial charge on any atom is 0.217 e. The molecule has 0 aliphatic carbocycles. The van der Waals surface area contributed by atoms with Gasteiger partial charge >= 0.3 is 0 Å². The van der Waals surface area contributed by atoms with E-state index in [1.165, 1.54) is 0 Å². The number of hydrogen-bond donors (Lipinski definition) is 2. The van der Waals surface area contributed by atoms with E-state index in [2.05, 4.69) is 10.6 Å². The number of rotatable bonds is 4. The molecule has 0 saturated carbocycles. The van der Waals surface area contributed by atoms with Crippen molar-refractivity contribution in [2.45, 2.75) is 25.3 Å². The summed E-state index contributed by atoms with van der Waals surface area (Å²) in [5, 5.41) is 7.67. The number of primary amides is 1. The Balaban J connectivity index is 2.01. The quantitative estimate of drug-likeness (QED) is 0.581. The average molecular weight is 170 g/mol. The lowest BCUT2D eigenvalue weighted by Gasteiger charge is -2.22. The number of carbonyl (C=O) groups is 1. The number of nitrogens with one attached hydrogen (secondary N) is 1. The molecule has 1 saturated heterocycles. The molecule has 4 nitrogen and oxygen atoms in total. The van der Waals surface area contributed by atoms with Crippen LogP contribution < -0.4 is 16.4 Å². The third kappa shape index (κ3) is 3.69. The predicted molar refractivity (Wildman–Crippen MR) is 46.7 cm³/mol. The minimum absolute atomic E-state index is 0.209. The normalized spacial score (nSPS) is 23.8. The Kier molecular flexibility index (Phi) is 4.04. The third-order valence-electron chi connectivity index (χ3n) is 2.02. The summed E-state index contributed by atoms with van der Waals surface area (Å²) in [6, 6.07) is 0.401. The molecular weight excluding hydrogens is 154 g/mol. The van der Waals surface area contributed by atoms with Gasteiger partial charge in [-0.1, -0.05) is 0 Å². The van der Waals surface area contributed by atoms with Crippen molar-refractivity contribution in [2.24, 2.45) is 5.73 Å². The molecule has 1 aliphatic heterocycles. The maximum absolute atomic E-state index is 10.4. The van der Waals surface area contributed by atoms with Gasteiger partial charge in [0.15, 0.2) is 0 Å². The van der Waals surface area contributed by atoms with Crippen molar-refractivity contribution in [1.82, 2.24) is 10.6 Å². The first-order valence-corrected chi connectivity index (χ1v) is 4.44. The number of amides is 1. The van der Waals surface area contributed by atoms with Gasteiger partial charge in [0.25, 0.3) is 0 Å². The maximum atomic E-state index is 10.4. The number of carbonyl (C=O) groups excluding carboxylic acids is 1. The number of hydrogen-bond acceptors (Lipinski definition) is 2. The zero-order chi connectivity index (χ0) is 8.81. The Morgan fingerprint density at radius 3 is 3.08 bits per heavy atom. The van der Waals surface area contributed by atoms with E-state index in [1.54, 1.807) is 0 Å². The highest BCUT2D eigenvalue weighted by atomic mass is 16.1. The molecule has 1 unspecified atom stereocenters. The van der Waals surface area contributed by atoms with Crippen molar-refractivity contribution in [3.63, 3.8) is 0 Å². The van der Waals surface area contributed by atoms with E-state index in [0.29, 0.717) is 12.5 Å². The SMILES string of the molecule is NC(=O)CCCC1CNCC[N]1. The Morgan fingerprint density at radius 2 is 2.50 bits per heavy atom. The summed E-state index contributed by atoms with van der Waals surface area (Å²) in [6.07, 6.45) is 2.34. The van der Waals surface area contributed by atoms with Gasteiger partial charge in [0.1, 0.15) is 0 Å². The lowest BCUT2D eigenvalue weighted by molar-refractivity contribution is -0.118. The van der Waals surface area contributed by atoms with Crippen LogP contribution in [0.2, 0.25) is 0 Å². The standard InChI is InChI=1S/C8H16N3O/c9-8(12)3-1-2-7-6-10-4-5-11-7/h7,10H,1-6H2,(H2,9,12). The second-order valence-corrected chi connectivity index (χ2v) is 3.12. The van der Waals surface area contributed by atoms with Crippen LogP contribution in [0.3, 0.4) is 0 Å². The molecule has 1 heterocycles. The Labute approximate surface area is 72.9 Å². The fourth-order valence-corrected chi connectivity index (χ4v) is 1.36. The third-order valence-corrected chi connectivity index (χ3v) is 2.02. The largest absolute Gasteiger partial charge is 0.370 e. The Bertz CT molecular complexity index is 143. The number of piperazine rings is 1. The molecule has 12 heavy (non-hydrogen) atoms. The summed E-state index contributed by atoms with van der Waals surface area (Å²) in [4.78, 5) is 10.4. The van der Waals surface area contributed by atoms with E-state index in [-0.39, 0.29) is 5.91 Å². The van der Waals surface area contributed by atoms with Crippen molar-refractivity contribution >= 4 is 5.91 Å².